The fourth-order valence-electron chi connectivity index (χ4n) is 3.03. The molecule has 2 aromatic heterocycles. The van der Waals surface area contributed by atoms with Crippen molar-refractivity contribution < 1.29 is 9.59 Å². The van der Waals surface area contributed by atoms with Gasteiger partial charge in [0, 0.05) is 29.6 Å². The first-order chi connectivity index (χ1) is 12.7. The lowest BCUT2D eigenvalue weighted by Gasteiger charge is -2.16. The maximum Gasteiger partial charge on any atom is 0.257 e. The van der Waals surface area contributed by atoms with Gasteiger partial charge in [0.25, 0.3) is 5.91 Å². The van der Waals surface area contributed by atoms with Gasteiger partial charge in [0.2, 0.25) is 5.91 Å². The van der Waals surface area contributed by atoms with Gasteiger partial charge in [-0.05, 0) is 41.6 Å². The predicted molar refractivity (Wildman–Crippen MR) is 106 cm³/mol. The van der Waals surface area contributed by atoms with Crippen LogP contribution in [0.2, 0.25) is 0 Å². The molecule has 2 amide bonds. The second-order valence-corrected chi connectivity index (χ2v) is 7.77. The Morgan fingerprint density at radius 1 is 1.27 bits per heavy atom. The Bertz CT molecular complexity index is 963. The van der Waals surface area contributed by atoms with Gasteiger partial charge >= 0.3 is 0 Å². The van der Waals surface area contributed by atoms with Crippen LogP contribution in [0, 0.1) is 0 Å². The number of fused-ring (bicyclic) bond motifs is 1. The van der Waals surface area contributed by atoms with E-state index in [9.17, 15) is 9.59 Å². The molecule has 0 spiro atoms. The number of nitrogens with one attached hydrogen (secondary N) is 1. The summed E-state index contributed by atoms with van der Waals surface area (Å²) in [5, 5.41) is 7.40. The van der Waals surface area contributed by atoms with E-state index in [0.717, 1.165) is 28.2 Å². The SMILES string of the molecule is CCC(=O)N1CCc2cc(C(=O)Nc3nc(-c4cccs4)cs3)ccc21. The van der Waals surface area contributed by atoms with Crippen LogP contribution >= 0.6 is 22.7 Å². The molecule has 0 unspecified atom stereocenters. The number of rotatable bonds is 4. The maximum atomic E-state index is 12.6. The zero-order chi connectivity index (χ0) is 18.1. The van der Waals surface area contributed by atoms with E-state index in [4.69, 9.17) is 0 Å². The van der Waals surface area contributed by atoms with Crippen molar-refractivity contribution in [2.75, 3.05) is 16.8 Å². The molecule has 4 rings (SSSR count). The Morgan fingerprint density at radius 3 is 2.92 bits per heavy atom. The largest absolute Gasteiger partial charge is 0.312 e. The first kappa shape index (κ1) is 16.9. The van der Waals surface area contributed by atoms with Gasteiger partial charge in [-0.2, -0.15) is 0 Å². The van der Waals surface area contributed by atoms with Crippen molar-refractivity contribution in [3.63, 3.8) is 0 Å². The van der Waals surface area contributed by atoms with E-state index >= 15 is 0 Å². The molecule has 0 saturated heterocycles. The summed E-state index contributed by atoms with van der Waals surface area (Å²) >= 11 is 3.04. The number of carbonyl (C=O) groups is 2. The molecule has 1 N–H and O–H groups in total. The third-order valence-corrected chi connectivity index (χ3v) is 5.99. The second kappa shape index (κ2) is 7.01. The molecule has 1 aliphatic heterocycles. The predicted octanol–water partition coefficient (Wildman–Crippen LogP) is 4.42. The fraction of sp³-hybridized carbons (Fsp3) is 0.211. The molecule has 3 heterocycles. The second-order valence-electron chi connectivity index (χ2n) is 5.96. The molecule has 0 bridgehead atoms. The number of benzene rings is 1. The number of hydrogen-bond donors (Lipinski definition) is 1. The minimum absolute atomic E-state index is 0.116. The van der Waals surface area contributed by atoms with Crippen LogP contribution < -0.4 is 10.2 Å². The lowest BCUT2D eigenvalue weighted by Crippen LogP contribution is -2.27. The number of thiazole rings is 1. The van der Waals surface area contributed by atoms with E-state index in [1.807, 2.05) is 41.9 Å². The fourth-order valence-corrected chi connectivity index (χ4v) is 4.50. The summed E-state index contributed by atoms with van der Waals surface area (Å²) in [5.74, 6) is -0.0648. The van der Waals surface area contributed by atoms with Crippen LogP contribution in [0.4, 0.5) is 10.8 Å². The molecule has 0 aliphatic carbocycles. The monoisotopic (exact) mass is 383 g/mol. The first-order valence-electron chi connectivity index (χ1n) is 8.39. The van der Waals surface area contributed by atoms with Crippen LogP contribution in [0.3, 0.4) is 0 Å². The third-order valence-electron chi connectivity index (χ3n) is 4.34. The zero-order valence-electron chi connectivity index (χ0n) is 14.2. The molecule has 3 aromatic rings. The van der Waals surface area contributed by atoms with Gasteiger partial charge in [-0.3, -0.25) is 14.9 Å². The van der Waals surface area contributed by atoms with E-state index in [-0.39, 0.29) is 11.8 Å². The molecule has 1 aromatic carbocycles. The molecular weight excluding hydrogens is 366 g/mol. The zero-order valence-corrected chi connectivity index (χ0v) is 15.8. The van der Waals surface area contributed by atoms with Crippen molar-refractivity contribution in [2.24, 2.45) is 0 Å². The maximum absolute atomic E-state index is 12.6. The molecule has 7 heteroatoms. The van der Waals surface area contributed by atoms with E-state index in [1.165, 1.54) is 11.3 Å². The van der Waals surface area contributed by atoms with Crippen molar-refractivity contribution in [1.82, 2.24) is 4.98 Å². The van der Waals surface area contributed by atoms with Gasteiger partial charge in [0.15, 0.2) is 5.13 Å². The summed E-state index contributed by atoms with van der Waals surface area (Å²) < 4.78 is 0. The average molecular weight is 383 g/mol. The van der Waals surface area contributed by atoms with Crippen LogP contribution in [-0.2, 0) is 11.2 Å². The first-order valence-corrected chi connectivity index (χ1v) is 10.2. The van der Waals surface area contributed by atoms with Crippen molar-refractivity contribution in [2.45, 2.75) is 19.8 Å². The lowest BCUT2D eigenvalue weighted by molar-refractivity contribution is -0.118. The van der Waals surface area contributed by atoms with Gasteiger partial charge in [-0.15, -0.1) is 22.7 Å². The molecule has 0 radical (unpaired) electrons. The molecule has 1 aliphatic rings. The highest BCUT2D eigenvalue weighted by Crippen LogP contribution is 2.31. The number of thiophene rings is 1. The number of aromatic nitrogens is 1. The molecule has 0 atom stereocenters. The molecular formula is C19H17N3O2S2. The quantitative estimate of drug-likeness (QED) is 0.725. The standard InChI is InChI=1S/C19H17N3O2S2/c1-2-17(23)22-8-7-12-10-13(5-6-15(12)22)18(24)21-19-20-14(11-26-19)16-4-3-9-25-16/h3-6,9-11H,2,7-8H2,1H3,(H,20,21,24). The summed E-state index contributed by atoms with van der Waals surface area (Å²) in [6.45, 7) is 2.55. The molecule has 5 nitrogen and oxygen atoms in total. The van der Waals surface area contributed by atoms with Crippen LogP contribution in [0.5, 0.6) is 0 Å². The number of amides is 2. The molecule has 26 heavy (non-hydrogen) atoms. The minimum atomic E-state index is -0.180. The highest BCUT2D eigenvalue weighted by Gasteiger charge is 2.24. The molecule has 0 saturated carbocycles. The van der Waals surface area contributed by atoms with Crippen molar-refractivity contribution in [3.8, 4) is 10.6 Å². The van der Waals surface area contributed by atoms with Crippen LogP contribution in [0.25, 0.3) is 10.6 Å². The van der Waals surface area contributed by atoms with E-state index in [0.29, 0.717) is 23.7 Å². The van der Waals surface area contributed by atoms with Gasteiger partial charge in [0.05, 0.1) is 10.6 Å². The molecule has 132 valence electrons. The van der Waals surface area contributed by atoms with Crippen LogP contribution in [0.15, 0.2) is 41.1 Å². The van der Waals surface area contributed by atoms with E-state index in [2.05, 4.69) is 10.3 Å². The summed E-state index contributed by atoms with van der Waals surface area (Å²) in [6.07, 6.45) is 1.26. The van der Waals surface area contributed by atoms with Gasteiger partial charge in [-0.25, -0.2) is 4.98 Å². The number of anilines is 2. The van der Waals surface area contributed by atoms with E-state index in [1.54, 1.807) is 22.3 Å². The van der Waals surface area contributed by atoms with Crippen molar-refractivity contribution >= 4 is 45.3 Å². The normalized spacial score (nSPS) is 12.9. The Morgan fingerprint density at radius 2 is 2.15 bits per heavy atom. The smallest absolute Gasteiger partial charge is 0.257 e. The van der Waals surface area contributed by atoms with Gasteiger partial charge in [0.1, 0.15) is 0 Å². The van der Waals surface area contributed by atoms with Gasteiger partial charge in [-0.1, -0.05) is 13.0 Å². The molecule has 0 fully saturated rings. The number of nitrogens with zero attached hydrogens (tertiary/aromatic N) is 2. The Kier molecular flexibility index (Phi) is 4.57. The van der Waals surface area contributed by atoms with Crippen molar-refractivity contribution in [3.05, 3.63) is 52.2 Å². The Labute approximate surface area is 159 Å². The number of carbonyl (C=O) groups excluding carboxylic acids is 2. The third kappa shape index (κ3) is 3.15. The number of hydrogen-bond acceptors (Lipinski definition) is 5. The average Bonchev–Trinajstić information content (AvgIpc) is 3.40. The van der Waals surface area contributed by atoms with Crippen molar-refractivity contribution in [1.29, 1.82) is 0 Å². The van der Waals surface area contributed by atoms with E-state index < -0.39 is 0 Å². The summed E-state index contributed by atoms with van der Waals surface area (Å²) in [4.78, 5) is 31.9. The summed E-state index contributed by atoms with van der Waals surface area (Å²) in [6, 6.07) is 9.50. The summed E-state index contributed by atoms with van der Waals surface area (Å²) in [7, 11) is 0. The van der Waals surface area contributed by atoms with Crippen LogP contribution in [0.1, 0.15) is 29.3 Å². The van der Waals surface area contributed by atoms with Crippen LogP contribution in [-0.4, -0.2) is 23.3 Å². The highest BCUT2D eigenvalue weighted by molar-refractivity contribution is 7.16. The minimum Gasteiger partial charge on any atom is -0.312 e. The highest BCUT2D eigenvalue weighted by atomic mass is 32.1. The topological polar surface area (TPSA) is 62.3 Å². The lowest BCUT2D eigenvalue weighted by atomic mass is 10.1. The summed E-state index contributed by atoms with van der Waals surface area (Å²) in [5.41, 5.74) is 3.42. The Balaban J connectivity index is 1.50. The van der Waals surface area contributed by atoms with Gasteiger partial charge < -0.3 is 4.90 Å². The Hall–Kier alpha value is -2.51.